The number of hydrogen-bond donors (Lipinski definition) is 1. The monoisotopic (exact) mass is 266 g/mol. The molecule has 0 aromatic rings. The van der Waals surface area contributed by atoms with Crippen LogP contribution < -0.4 is 5.73 Å². The quantitative estimate of drug-likeness (QED) is 0.832. The molecule has 0 amide bonds. The Morgan fingerprint density at radius 1 is 1.17 bits per heavy atom. The summed E-state index contributed by atoms with van der Waals surface area (Å²) in [5.74, 6) is 0.443. The standard InChI is InChI=1S/C13H25F3N2/c1-12(2,3)9-5-6-10(17)11(7-9)18(4)8-13(14,15)16/h9-11H,5-8,17H2,1-4H3. The van der Waals surface area contributed by atoms with Gasteiger partial charge in [-0.3, -0.25) is 4.90 Å². The first kappa shape index (κ1) is 15.8. The van der Waals surface area contributed by atoms with E-state index in [-0.39, 0.29) is 17.5 Å². The predicted molar refractivity (Wildman–Crippen MR) is 67.2 cm³/mol. The second-order valence-electron chi connectivity index (χ2n) is 6.64. The van der Waals surface area contributed by atoms with Crippen molar-refractivity contribution in [1.29, 1.82) is 0 Å². The molecule has 1 rings (SSSR count). The van der Waals surface area contributed by atoms with E-state index in [2.05, 4.69) is 20.8 Å². The van der Waals surface area contributed by atoms with Crippen molar-refractivity contribution >= 4 is 0 Å². The average molecular weight is 266 g/mol. The smallest absolute Gasteiger partial charge is 0.326 e. The van der Waals surface area contributed by atoms with Gasteiger partial charge in [-0.2, -0.15) is 13.2 Å². The predicted octanol–water partition coefficient (Wildman–Crippen LogP) is 3.02. The van der Waals surface area contributed by atoms with Gasteiger partial charge in [0.1, 0.15) is 0 Å². The van der Waals surface area contributed by atoms with E-state index in [4.69, 9.17) is 5.73 Å². The maximum Gasteiger partial charge on any atom is 0.401 e. The lowest BCUT2D eigenvalue weighted by molar-refractivity contribution is -0.150. The van der Waals surface area contributed by atoms with Gasteiger partial charge in [0.25, 0.3) is 0 Å². The van der Waals surface area contributed by atoms with Crippen molar-refractivity contribution < 1.29 is 13.2 Å². The highest BCUT2D eigenvalue weighted by molar-refractivity contribution is 4.92. The van der Waals surface area contributed by atoms with Crippen molar-refractivity contribution in [1.82, 2.24) is 4.90 Å². The van der Waals surface area contributed by atoms with Gasteiger partial charge >= 0.3 is 6.18 Å². The van der Waals surface area contributed by atoms with Crippen LogP contribution >= 0.6 is 0 Å². The molecule has 18 heavy (non-hydrogen) atoms. The van der Waals surface area contributed by atoms with Crippen LogP contribution in [0.25, 0.3) is 0 Å². The summed E-state index contributed by atoms with van der Waals surface area (Å²) in [4.78, 5) is 1.38. The highest BCUT2D eigenvalue weighted by Gasteiger charge is 2.39. The molecule has 3 atom stereocenters. The molecule has 2 nitrogen and oxygen atoms in total. The number of rotatable bonds is 2. The van der Waals surface area contributed by atoms with Gasteiger partial charge < -0.3 is 5.73 Å². The van der Waals surface area contributed by atoms with E-state index in [1.54, 1.807) is 0 Å². The van der Waals surface area contributed by atoms with E-state index >= 15 is 0 Å². The normalized spacial score (nSPS) is 30.8. The molecule has 1 fully saturated rings. The first-order valence-corrected chi connectivity index (χ1v) is 6.53. The van der Waals surface area contributed by atoms with E-state index in [1.807, 2.05) is 0 Å². The molecule has 1 saturated carbocycles. The lowest BCUT2D eigenvalue weighted by Crippen LogP contribution is -2.53. The van der Waals surface area contributed by atoms with Crippen LogP contribution in [0.4, 0.5) is 13.2 Å². The second kappa shape index (κ2) is 5.37. The Morgan fingerprint density at radius 2 is 1.72 bits per heavy atom. The van der Waals surface area contributed by atoms with Crippen LogP contribution in [0.5, 0.6) is 0 Å². The maximum absolute atomic E-state index is 12.4. The maximum atomic E-state index is 12.4. The molecule has 0 heterocycles. The SMILES string of the molecule is CN(CC(F)(F)F)C1CC(C(C)(C)C)CCC1N. The molecule has 1 aliphatic carbocycles. The number of hydrogen-bond acceptors (Lipinski definition) is 2. The molecule has 0 radical (unpaired) electrons. The zero-order chi connectivity index (χ0) is 14.1. The summed E-state index contributed by atoms with van der Waals surface area (Å²) < 4.78 is 37.3. The summed E-state index contributed by atoms with van der Waals surface area (Å²) in [5.41, 5.74) is 6.13. The van der Waals surface area contributed by atoms with Crippen molar-refractivity contribution in [3.8, 4) is 0 Å². The summed E-state index contributed by atoms with van der Waals surface area (Å²) in [5, 5.41) is 0. The van der Waals surface area contributed by atoms with Gasteiger partial charge in [0.2, 0.25) is 0 Å². The topological polar surface area (TPSA) is 29.3 Å². The van der Waals surface area contributed by atoms with Crippen molar-refractivity contribution in [2.45, 2.75) is 58.3 Å². The van der Waals surface area contributed by atoms with Crippen LogP contribution in [-0.2, 0) is 0 Å². The Morgan fingerprint density at radius 3 is 2.17 bits per heavy atom. The molecule has 0 aromatic carbocycles. The molecule has 0 bridgehead atoms. The molecule has 0 spiro atoms. The molecule has 1 aliphatic rings. The molecule has 108 valence electrons. The third-order valence-electron chi connectivity index (χ3n) is 4.09. The van der Waals surface area contributed by atoms with Crippen LogP contribution in [0.2, 0.25) is 0 Å². The van der Waals surface area contributed by atoms with E-state index < -0.39 is 12.7 Å². The Bertz CT molecular complexity index is 270. The second-order valence-corrected chi connectivity index (χ2v) is 6.64. The molecule has 5 heteroatoms. The average Bonchev–Trinajstić information content (AvgIpc) is 2.13. The van der Waals surface area contributed by atoms with Crippen molar-refractivity contribution in [3.63, 3.8) is 0 Å². The lowest BCUT2D eigenvalue weighted by Gasteiger charge is -2.44. The Balaban J connectivity index is 2.68. The van der Waals surface area contributed by atoms with Crippen LogP contribution in [-0.4, -0.2) is 36.8 Å². The van der Waals surface area contributed by atoms with Gasteiger partial charge in [-0.05, 0) is 37.6 Å². The number of likely N-dealkylation sites (N-methyl/N-ethyl adjacent to an activating group) is 1. The van der Waals surface area contributed by atoms with E-state index in [1.165, 1.54) is 11.9 Å². The molecule has 0 saturated heterocycles. The minimum absolute atomic E-state index is 0.136. The molecule has 3 unspecified atom stereocenters. The largest absolute Gasteiger partial charge is 0.401 e. The molecule has 2 N–H and O–H groups in total. The van der Waals surface area contributed by atoms with Gasteiger partial charge in [0, 0.05) is 12.1 Å². The summed E-state index contributed by atoms with van der Waals surface area (Å²) in [6, 6.07) is -0.305. The molecular formula is C13H25F3N2. The zero-order valence-corrected chi connectivity index (χ0v) is 11.7. The zero-order valence-electron chi connectivity index (χ0n) is 11.7. The summed E-state index contributed by atoms with van der Waals surface area (Å²) >= 11 is 0. The fourth-order valence-corrected chi connectivity index (χ4v) is 2.86. The summed E-state index contributed by atoms with van der Waals surface area (Å²) in [7, 11) is 1.53. The van der Waals surface area contributed by atoms with Gasteiger partial charge in [-0.1, -0.05) is 20.8 Å². The minimum atomic E-state index is -4.15. The minimum Gasteiger partial charge on any atom is -0.326 e. The van der Waals surface area contributed by atoms with Crippen LogP contribution in [0.1, 0.15) is 40.0 Å². The van der Waals surface area contributed by atoms with Crippen molar-refractivity contribution in [2.24, 2.45) is 17.1 Å². The number of nitrogens with zero attached hydrogens (tertiary/aromatic N) is 1. The van der Waals surface area contributed by atoms with E-state index in [0.717, 1.165) is 19.3 Å². The van der Waals surface area contributed by atoms with Gasteiger partial charge in [0.05, 0.1) is 6.54 Å². The van der Waals surface area contributed by atoms with Gasteiger partial charge in [0.15, 0.2) is 0 Å². The third-order valence-corrected chi connectivity index (χ3v) is 4.09. The van der Waals surface area contributed by atoms with Crippen LogP contribution in [0.3, 0.4) is 0 Å². The molecular weight excluding hydrogens is 241 g/mol. The fourth-order valence-electron chi connectivity index (χ4n) is 2.86. The van der Waals surface area contributed by atoms with Gasteiger partial charge in [-0.15, -0.1) is 0 Å². The first-order valence-electron chi connectivity index (χ1n) is 6.53. The highest BCUT2D eigenvalue weighted by atomic mass is 19.4. The number of halogens is 3. The Labute approximate surface area is 108 Å². The summed E-state index contributed by atoms with van der Waals surface area (Å²) in [6.07, 6.45) is -1.56. The van der Waals surface area contributed by atoms with E-state index in [0.29, 0.717) is 5.92 Å². The van der Waals surface area contributed by atoms with Gasteiger partial charge in [-0.25, -0.2) is 0 Å². The Hall–Kier alpha value is -0.290. The first-order chi connectivity index (χ1) is 8.00. The lowest BCUT2D eigenvalue weighted by atomic mass is 9.69. The van der Waals surface area contributed by atoms with Crippen LogP contribution in [0, 0.1) is 11.3 Å². The van der Waals surface area contributed by atoms with Crippen molar-refractivity contribution in [3.05, 3.63) is 0 Å². The van der Waals surface area contributed by atoms with Crippen molar-refractivity contribution in [2.75, 3.05) is 13.6 Å². The van der Waals surface area contributed by atoms with Crippen LogP contribution in [0.15, 0.2) is 0 Å². The molecule has 0 aromatic heterocycles. The number of nitrogens with two attached hydrogens (primary N) is 1. The highest BCUT2D eigenvalue weighted by Crippen LogP contribution is 2.39. The van der Waals surface area contributed by atoms with E-state index in [9.17, 15) is 13.2 Å². The molecule has 0 aliphatic heterocycles. The summed E-state index contributed by atoms with van der Waals surface area (Å²) in [6.45, 7) is 5.57. The fraction of sp³-hybridized carbons (Fsp3) is 1.00. The Kier molecular flexibility index (Phi) is 4.70. The number of alkyl halides is 3. The third kappa shape index (κ3) is 4.43.